The molecule has 0 atom stereocenters. The van der Waals surface area contributed by atoms with Gasteiger partial charge in [-0.15, -0.1) is 11.8 Å². The molecule has 0 spiro atoms. The minimum absolute atomic E-state index is 0.136. The molecule has 0 aliphatic rings. The first-order valence-electron chi connectivity index (χ1n) is 8.39. The van der Waals surface area contributed by atoms with Crippen LogP contribution in [0.1, 0.15) is 15.9 Å². The Kier molecular flexibility index (Phi) is 8.00. The molecular weight excluding hydrogens is 366 g/mol. The van der Waals surface area contributed by atoms with Crippen LogP contribution in [0.15, 0.2) is 47.4 Å². The van der Waals surface area contributed by atoms with Gasteiger partial charge in [0.15, 0.2) is 18.1 Å². The Labute approximate surface area is 163 Å². The Morgan fingerprint density at radius 2 is 1.78 bits per heavy atom. The van der Waals surface area contributed by atoms with E-state index in [4.69, 9.17) is 9.47 Å². The molecule has 2 aromatic carbocycles. The lowest BCUT2D eigenvalue weighted by Gasteiger charge is -2.12. The molecule has 7 heteroatoms. The average Bonchev–Trinajstić information content (AvgIpc) is 2.70. The van der Waals surface area contributed by atoms with Crippen LogP contribution in [0.25, 0.3) is 0 Å². The number of amides is 1. The van der Waals surface area contributed by atoms with Crippen molar-refractivity contribution in [2.45, 2.75) is 11.8 Å². The number of thioether (sulfide) groups is 1. The number of methoxy groups -OCH3 is 2. The Hall–Kier alpha value is -2.67. The van der Waals surface area contributed by atoms with Crippen molar-refractivity contribution < 1.29 is 23.8 Å². The van der Waals surface area contributed by atoms with Crippen LogP contribution in [0.2, 0.25) is 0 Å². The van der Waals surface area contributed by atoms with Crippen molar-refractivity contribution in [3.8, 4) is 11.5 Å². The van der Waals surface area contributed by atoms with Gasteiger partial charge in [0.1, 0.15) is 0 Å². The Morgan fingerprint density at radius 1 is 1.04 bits per heavy atom. The molecule has 27 heavy (non-hydrogen) atoms. The van der Waals surface area contributed by atoms with E-state index in [0.29, 0.717) is 23.6 Å². The molecule has 0 saturated carbocycles. The van der Waals surface area contributed by atoms with Crippen LogP contribution in [-0.4, -0.2) is 45.0 Å². The molecule has 0 fully saturated rings. The highest BCUT2D eigenvalue weighted by molar-refractivity contribution is 7.99. The summed E-state index contributed by atoms with van der Waals surface area (Å²) in [5, 5.41) is 2.81. The molecule has 1 N–H and O–H groups in total. The third kappa shape index (κ3) is 6.53. The van der Waals surface area contributed by atoms with E-state index < -0.39 is 5.97 Å². The van der Waals surface area contributed by atoms with Crippen LogP contribution in [0.4, 0.5) is 0 Å². The highest BCUT2D eigenvalue weighted by atomic mass is 32.2. The number of carbonyl (C=O) groups is 2. The zero-order valence-corrected chi connectivity index (χ0v) is 16.4. The molecule has 0 heterocycles. The Balaban J connectivity index is 1.76. The van der Waals surface area contributed by atoms with Crippen LogP contribution < -0.4 is 14.8 Å². The Bertz CT molecular complexity index is 776. The SMILES string of the molecule is COC(=O)c1ccc(OCC(=O)NCCSc2ccc(C)cc2)c(OC)c1. The first kappa shape index (κ1) is 20.6. The molecule has 0 radical (unpaired) electrons. The first-order chi connectivity index (χ1) is 13.0. The summed E-state index contributed by atoms with van der Waals surface area (Å²) in [6.45, 7) is 2.45. The van der Waals surface area contributed by atoms with Gasteiger partial charge in [0, 0.05) is 17.2 Å². The largest absolute Gasteiger partial charge is 0.493 e. The molecular formula is C20H23NO5S. The molecule has 0 aromatic heterocycles. The fourth-order valence-electron chi connectivity index (χ4n) is 2.22. The van der Waals surface area contributed by atoms with E-state index in [0.717, 1.165) is 5.75 Å². The number of nitrogens with one attached hydrogen (secondary N) is 1. The number of hydrogen-bond donors (Lipinski definition) is 1. The van der Waals surface area contributed by atoms with Crippen molar-refractivity contribution in [1.29, 1.82) is 0 Å². The topological polar surface area (TPSA) is 73.9 Å². The quantitative estimate of drug-likeness (QED) is 0.404. The van der Waals surface area contributed by atoms with Gasteiger partial charge in [0.05, 0.1) is 19.8 Å². The van der Waals surface area contributed by atoms with Crippen molar-refractivity contribution in [2.75, 3.05) is 33.1 Å². The standard InChI is InChI=1S/C20H23NO5S/c1-14-4-7-16(8-5-14)27-11-10-21-19(22)13-26-17-9-6-15(20(23)25-3)12-18(17)24-2/h4-9,12H,10-11,13H2,1-3H3,(H,21,22). The van der Waals surface area contributed by atoms with Gasteiger partial charge < -0.3 is 19.5 Å². The lowest BCUT2D eigenvalue weighted by molar-refractivity contribution is -0.122. The fourth-order valence-corrected chi connectivity index (χ4v) is 2.99. The molecule has 0 saturated heterocycles. The third-order valence-electron chi connectivity index (χ3n) is 3.66. The summed E-state index contributed by atoms with van der Waals surface area (Å²) in [6, 6.07) is 12.9. The van der Waals surface area contributed by atoms with E-state index in [2.05, 4.69) is 34.3 Å². The summed E-state index contributed by atoms with van der Waals surface area (Å²) in [7, 11) is 2.77. The maximum atomic E-state index is 11.9. The molecule has 0 aliphatic carbocycles. The van der Waals surface area contributed by atoms with Crippen molar-refractivity contribution in [3.05, 3.63) is 53.6 Å². The van der Waals surface area contributed by atoms with E-state index in [1.165, 1.54) is 30.7 Å². The van der Waals surface area contributed by atoms with Gasteiger partial charge in [-0.2, -0.15) is 0 Å². The Morgan fingerprint density at radius 3 is 2.44 bits per heavy atom. The third-order valence-corrected chi connectivity index (χ3v) is 4.67. The summed E-state index contributed by atoms with van der Waals surface area (Å²) >= 11 is 1.68. The van der Waals surface area contributed by atoms with Gasteiger partial charge >= 0.3 is 5.97 Å². The van der Waals surface area contributed by atoms with Crippen LogP contribution in [-0.2, 0) is 9.53 Å². The second kappa shape index (κ2) is 10.5. The summed E-state index contributed by atoms with van der Waals surface area (Å²) in [6.07, 6.45) is 0. The summed E-state index contributed by atoms with van der Waals surface area (Å²) in [5.74, 6) is 0.823. The van der Waals surface area contributed by atoms with Crippen molar-refractivity contribution in [3.63, 3.8) is 0 Å². The summed E-state index contributed by atoms with van der Waals surface area (Å²) < 4.78 is 15.4. The van der Waals surface area contributed by atoms with Gasteiger partial charge in [-0.25, -0.2) is 4.79 Å². The lowest BCUT2D eigenvalue weighted by Crippen LogP contribution is -2.30. The molecule has 0 aliphatic heterocycles. The lowest BCUT2D eigenvalue weighted by atomic mass is 10.2. The van der Waals surface area contributed by atoms with E-state index >= 15 is 0 Å². The second-order valence-corrected chi connectivity index (χ2v) is 6.83. The van der Waals surface area contributed by atoms with Crippen molar-refractivity contribution in [1.82, 2.24) is 5.32 Å². The van der Waals surface area contributed by atoms with Crippen LogP contribution in [0.3, 0.4) is 0 Å². The number of esters is 1. The first-order valence-corrected chi connectivity index (χ1v) is 9.37. The average molecular weight is 389 g/mol. The van der Waals surface area contributed by atoms with Crippen LogP contribution in [0, 0.1) is 6.92 Å². The van der Waals surface area contributed by atoms with E-state index in [1.807, 2.05) is 6.92 Å². The summed E-state index contributed by atoms with van der Waals surface area (Å²) in [4.78, 5) is 24.6. The van der Waals surface area contributed by atoms with E-state index in [9.17, 15) is 9.59 Å². The van der Waals surface area contributed by atoms with Gasteiger partial charge in [-0.3, -0.25) is 4.79 Å². The minimum atomic E-state index is -0.469. The maximum Gasteiger partial charge on any atom is 0.337 e. The zero-order valence-electron chi connectivity index (χ0n) is 15.6. The number of benzene rings is 2. The predicted octanol–water partition coefficient (Wildman–Crippen LogP) is 3.08. The van der Waals surface area contributed by atoms with Crippen LogP contribution >= 0.6 is 11.8 Å². The van der Waals surface area contributed by atoms with Crippen molar-refractivity contribution in [2.24, 2.45) is 0 Å². The smallest absolute Gasteiger partial charge is 0.337 e. The molecule has 1 amide bonds. The van der Waals surface area contributed by atoms with Gasteiger partial charge in [-0.1, -0.05) is 17.7 Å². The zero-order chi connectivity index (χ0) is 19.6. The molecule has 6 nitrogen and oxygen atoms in total. The highest BCUT2D eigenvalue weighted by Crippen LogP contribution is 2.28. The molecule has 2 aromatic rings. The molecule has 0 bridgehead atoms. The van der Waals surface area contributed by atoms with Gasteiger partial charge in [0.25, 0.3) is 5.91 Å². The number of aryl methyl sites for hydroxylation is 1. The number of carbonyl (C=O) groups excluding carboxylic acids is 2. The van der Waals surface area contributed by atoms with Crippen molar-refractivity contribution >= 4 is 23.6 Å². The molecule has 2 rings (SSSR count). The normalized spacial score (nSPS) is 10.2. The fraction of sp³-hybridized carbons (Fsp3) is 0.300. The highest BCUT2D eigenvalue weighted by Gasteiger charge is 2.12. The molecule has 144 valence electrons. The van der Waals surface area contributed by atoms with Gasteiger partial charge in [-0.05, 0) is 37.3 Å². The van der Waals surface area contributed by atoms with E-state index in [-0.39, 0.29) is 12.5 Å². The van der Waals surface area contributed by atoms with Gasteiger partial charge in [0.2, 0.25) is 0 Å². The number of rotatable bonds is 9. The number of ether oxygens (including phenoxy) is 3. The maximum absolute atomic E-state index is 11.9. The van der Waals surface area contributed by atoms with E-state index in [1.54, 1.807) is 23.9 Å². The predicted molar refractivity (Wildman–Crippen MR) is 105 cm³/mol. The monoisotopic (exact) mass is 389 g/mol. The van der Waals surface area contributed by atoms with Crippen LogP contribution in [0.5, 0.6) is 11.5 Å². The number of hydrogen-bond acceptors (Lipinski definition) is 6. The minimum Gasteiger partial charge on any atom is -0.493 e. The summed E-state index contributed by atoms with van der Waals surface area (Å²) in [5.41, 5.74) is 1.57. The second-order valence-electron chi connectivity index (χ2n) is 5.66. The molecule has 0 unspecified atom stereocenters.